The largest absolute Gasteiger partial charge is 0.477 e. The summed E-state index contributed by atoms with van der Waals surface area (Å²) in [6.07, 6.45) is 0. The lowest BCUT2D eigenvalue weighted by Gasteiger charge is -2.06. The summed E-state index contributed by atoms with van der Waals surface area (Å²) in [7, 11) is 0. The van der Waals surface area contributed by atoms with E-state index in [2.05, 4.69) is 20.9 Å². The maximum Gasteiger partial charge on any atom is 0.354 e. The van der Waals surface area contributed by atoms with Gasteiger partial charge in [0.2, 0.25) is 0 Å². The Morgan fingerprint density at radius 2 is 1.95 bits per heavy atom. The third-order valence-electron chi connectivity index (χ3n) is 2.49. The fourth-order valence-electron chi connectivity index (χ4n) is 1.56. The minimum absolute atomic E-state index is 0.0296. The van der Waals surface area contributed by atoms with Gasteiger partial charge in [0.15, 0.2) is 0 Å². The van der Waals surface area contributed by atoms with Gasteiger partial charge in [-0.05, 0) is 23.8 Å². The van der Waals surface area contributed by atoms with Crippen molar-refractivity contribution < 1.29 is 14.6 Å². The molecule has 1 aromatic heterocycles. The Morgan fingerprint density at radius 3 is 2.68 bits per heavy atom. The molecule has 1 N–H and O–H groups in total. The molecule has 0 aliphatic rings. The molecule has 1 aromatic carbocycles. The molecule has 0 spiro atoms. The highest BCUT2D eigenvalue weighted by Gasteiger charge is 2.05. The first-order chi connectivity index (χ1) is 9.16. The summed E-state index contributed by atoms with van der Waals surface area (Å²) in [6, 6.07) is 12.6. The van der Waals surface area contributed by atoms with E-state index in [1.54, 1.807) is 12.1 Å². The van der Waals surface area contributed by atoms with Crippen LogP contribution in [-0.2, 0) is 18.0 Å². The average molecular weight is 322 g/mol. The molecular formula is C14H12BrNO3. The Labute approximate surface area is 119 Å². The maximum atomic E-state index is 10.8. The molecule has 0 unspecified atom stereocenters. The summed E-state index contributed by atoms with van der Waals surface area (Å²) in [5.41, 5.74) is 1.67. The highest BCUT2D eigenvalue weighted by molar-refractivity contribution is 9.10. The molecule has 1 heterocycles. The van der Waals surface area contributed by atoms with Gasteiger partial charge in [-0.25, -0.2) is 9.78 Å². The van der Waals surface area contributed by atoms with E-state index >= 15 is 0 Å². The maximum absolute atomic E-state index is 10.8. The SMILES string of the molecule is O=C(O)c1cccc(COCc2ccccc2Br)n1. The number of halogens is 1. The van der Waals surface area contributed by atoms with Crippen molar-refractivity contribution >= 4 is 21.9 Å². The third kappa shape index (κ3) is 3.87. The van der Waals surface area contributed by atoms with Crippen LogP contribution in [-0.4, -0.2) is 16.1 Å². The number of pyridine rings is 1. The molecule has 0 atom stereocenters. The first-order valence-electron chi connectivity index (χ1n) is 5.67. The summed E-state index contributed by atoms with van der Waals surface area (Å²) in [5, 5.41) is 8.84. The molecule has 2 aromatic rings. The van der Waals surface area contributed by atoms with Crippen LogP contribution >= 0.6 is 15.9 Å². The first kappa shape index (κ1) is 13.7. The molecule has 19 heavy (non-hydrogen) atoms. The molecule has 0 fully saturated rings. The summed E-state index contributed by atoms with van der Waals surface area (Å²) in [6.45, 7) is 0.725. The van der Waals surface area contributed by atoms with Gasteiger partial charge >= 0.3 is 5.97 Å². The molecule has 5 heteroatoms. The Balaban J connectivity index is 1.94. The smallest absolute Gasteiger partial charge is 0.354 e. The van der Waals surface area contributed by atoms with Gasteiger partial charge in [-0.15, -0.1) is 0 Å². The molecule has 4 nitrogen and oxygen atoms in total. The van der Waals surface area contributed by atoms with E-state index in [1.165, 1.54) is 6.07 Å². The van der Waals surface area contributed by atoms with E-state index in [1.807, 2.05) is 24.3 Å². The molecule has 0 bridgehead atoms. The average Bonchev–Trinajstić information content (AvgIpc) is 2.41. The van der Waals surface area contributed by atoms with E-state index in [0.717, 1.165) is 10.0 Å². The highest BCUT2D eigenvalue weighted by Crippen LogP contribution is 2.17. The quantitative estimate of drug-likeness (QED) is 0.918. The number of carboxylic acid groups (broad SMARTS) is 1. The number of ether oxygens (including phenoxy) is 1. The normalized spacial score (nSPS) is 10.4. The van der Waals surface area contributed by atoms with Crippen LogP contribution in [0.25, 0.3) is 0 Å². The number of rotatable bonds is 5. The second kappa shape index (κ2) is 6.45. The van der Waals surface area contributed by atoms with Gasteiger partial charge in [-0.3, -0.25) is 0 Å². The van der Waals surface area contributed by atoms with Crippen LogP contribution in [0, 0.1) is 0 Å². The number of hydrogen-bond acceptors (Lipinski definition) is 3. The molecule has 2 rings (SSSR count). The molecule has 0 amide bonds. The standard InChI is InChI=1S/C14H12BrNO3/c15-12-6-2-1-4-10(12)8-19-9-11-5-3-7-13(16-11)14(17)18/h1-7H,8-9H2,(H,17,18). The van der Waals surface area contributed by atoms with Gasteiger partial charge in [0.25, 0.3) is 0 Å². The van der Waals surface area contributed by atoms with Gasteiger partial charge in [0.05, 0.1) is 18.9 Å². The number of nitrogens with zero attached hydrogens (tertiary/aromatic N) is 1. The van der Waals surface area contributed by atoms with Crippen molar-refractivity contribution in [3.8, 4) is 0 Å². The minimum Gasteiger partial charge on any atom is -0.477 e. The third-order valence-corrected chi connectivity index (χ3v) is 3.26. The molecule has 0 saturated heterocycles. The van der Waals surface area contributed by atoms with Gasteiger partial charge in [-0.2, -0.15) is 0 Å². The Kier molecular flexibility index (Phi) is 4.65. The highest BCUT2D eigenvalue weighted by atomic mass is 79.9. The fraction of sp³-hybridized carbons (Fsp3) is 0.143. The van der Waals surface area contributed by atoms with Crippen molar-refractivity contribution in [2.75, 3.05) is 0 Å². The van der Waals surface area contributed by atoms with Gasteiger partial charge in [0.1, 0.15) is 5.69 Å². The van der Waals surface area contributed by atoms with Crippen LogP contribution in [0.15, 0.2) is 46.9 Å². The zero-order valence-corrected chi connectivity index (χ0v) is 11.6. The van der Waals surface area contributed by atoms with E-state index in [0.29, 0.717) is 12.3 Å². The number of carbonyl (C=O) groups is 1. The lowest BCUT2D eigenvalue weighted by Crippen LogP contribution is -2.04. The van der Waals surface area contributed by atoms with Crippen LogP contribution < -0.4 is 0 Å². The second-order valence-electron chi connectivity index (χ2n) is 3.90. The number of aromatic nitrogens is 1. The number of benzene rings is 1. The van der Waals surface area contributed by atoms with Crippen molar-refractivity contribution in [1.29, 1.82) is 0 Å². The minimum atomic E-state index is -1.03. The second-order valence-corrected chi connectivity index (χ2v) is 4.76. The predicted molar refractivity (Wildman–Crippen MR) is 73.8 cm³/mol. The van der Waals surface area contributed by atoms with Crippen molar-refractivity contribution in [3.63, 3.8) is 0 Å². The summed E-state index contributed by atoms with van der Waals surface area (Å²) < 4.78 is 6.52. The van der Waals surface area contributed by atoms with Crippen molar-refractivity contribution in [2.24, 2.45) is 0 Å². The van der Waals surface area contributed by atoms with E-state index < -0.39 is 5.97 Å². The Bertz CT molecular complexity index is 586. The lowest BCUT2D eigenvalue weighted by molar-refractivity contribution is 0.0688. The van der Waals surface area contributed by atoms with E-state index in [4.69, 9.17) is 9.84 Å². The Morgan fingerprint density at radius 1 is 1.16 bits per heavy atom. The number of aromatic carboxylic acids is 1. The van der Waals surface area contributed by atoms with Crippen molar-refractivity contribution in [1.82, 2.24) is 4.98 Å². The number of carboxylic acids is 1. The summed E-state index contributed by atoms with van der Waals surface area (Å²) >= 11 is 3.44. The van der Waals surface area contributed by atoms with Crippen LogP contribution in [0.5, 0.6) is 0 Å². The molecule has 0 radical (unpaired) electrons. The topological polar surface area (TPSA) is 59.4 Å². The zero-order chi connectivity index (χ0) is 13.7. The lowest BCUT2D eigenvalue weighted by atomic mass is 10.2. The van der Waals surface area contributed by atoms with Crippen LogP contribution in [0.4, 0.5) is 0 Å². The van der Waals surface area contributed by atoms with E-state index in [-0.39, 0.29) is 12.3 Å². The number of hydrogen-bond donors (Lipinski definition) is 1. The molecule has 0 saturated carbocycles. The van der Waals surface area contributed by atoms with E-state index in [9.17, 15) is 4.79 Å². The molecular weight excluding hydrogens is 310 g/mol. The molecule has 98 valence electrons. The first-order valence-corrected chi connectivity index (χ1v) is 6.46. The van der Waals surface area contributed by atoms with Gasteiger partial charge in [0, 0.05) is 4.47 Å². The zero-order valence-electron chi connectivity index (χ0n) is 10.0. The van der Waals surface area contributed by atoms with Gasteiger partial charge in [-0.1, -0.05) is 40.2 Å². The predicted octanol–water partition coefficient (Wildman–Crippen LogP) is 3.26. The summed E-state index contributed by atoms with van der Waals surface area (Å²) in [4.78, 5) is 14.8. The summed E-state index contributed by atoms with van der Waals surface area (Å²) in [5.74, 6) is -1.03. The van der Waals surface area contributed by atoms with Crippen molar-refractivity contribution in [2.45, 2.75) is 13.2 Å². The van der Waals surface area contributed by atoms with Crippen LogP contribution in [0.2, 0.25) is 0 Å². The van der Waals surface area contributed by atoms with Crippen LogP contribution in [0.1, 0.15) is 21.7 Å². The Hall–Kier alpha value is -1.72. The van der Waals surface area contributed by atoms with Crippen molar-refractivity contribution in [3.05, 3.63) is 63.9 Å². The molecule has 0 aliphatic carbocycles. The molecule has 0 aliphatic heterocycles. The monoisotopic (exact) mass is 321 g/mol. The van der Waals surface area contributed by atoms with Crippen LogP contribution in [0.3, 0.4) is 0 Å². The fourth-order valence-corrected chi connectivity index (χ4v) is 1.96. The van der Waals surface area contributed by atoms with Gasteiger partial charge < -0.3 is 9.84 Å².